The Labute approximate surface area is 181 Å². The Hall–Kier alpha value is -1.76. The Balaban J connectivity index is 1.96. The molecule has 142 valence electrons. The molecule has 0 saturated heterocycles. The van der Waals surface area contributed by atoms with E-state index in [1.807, 2.05) is 22.6 Å². The molecule has 27 heavy (non-hydrogen) atoms. The third kappa shape index (κ3) is 3.42. The van der Waals surface area contributed by atoms with Crippen LogP contribution in [0.15, 0.2) is 18.2 Å². The summed E-state index contributed by atoms with van der Waals surface area (Å²) < 4.78 is 16.5. The second-order valence-electron chi connectivity index (χ2n) is 5.70. The molecule has 0 saturated carbocycles. The first-order valence-electron chi connectivity index (χ1n) is 7.69. The molecule has 2 aromatic rings. The van der Waals surface area contributed by atoms with Crippen LogP contribution in [-0.2, 0) is 4.74 Å². The van der Waals surface area contributed by atoms with Crippen LogP contribution in [-0.4, -0.2) is 36.2 Å². The van der Waals surface area contributed by atoms with Crippen molar-refractivity contribution < 1.29 is 34.0 Å². The molecule has 2 aromatic carbocycles. The largest absolute Gasteiger partial charge is 0.506 e. The number of Topliss-reactive ketones (excluding diaryl/α,β-unsaturated/α-hetero) is 1. The number of cyclic esters (lactones) is 1. The smallest absolute Gasteiger partial charge is 0.343 e. The van der Waals surface area contributed by atoms with E-state index >= 15 is 0 Å². The van der Waals surface area contributed by atoms with E-state index in [0.717, 1.165) is 0 Å². The first kappa shape index (κ1) is 20.0. The van der Waals surface area contributed by atoms with Crippen LogP contribution >= 0.6 is 45.2 Å². The minimum absolute atomic E-state index is 0.0616. The van der Waals surface area contributed by atoms with Gasteiger partial charge in [-0.3, -0.25) is 4.79 Å². The number of hydrogen-bond donors (Lipinski definition) is 2. The van der Waals surface area contributed by atoms with Gasteiger partial charge in [0, 0.05) is 5.56 Å². The van der Waals surface area contributed by atoms with Crippen LogP contribution in [0.25, 0.3) is 0 Å². The molecular formula is C18H14I2O7. The zero-order valence-corrected chi connectivity index (χ0v) is 18.5. The number of benzene rings is 2. The van der Waals surface area contributed by atoms with Crippen LogP contribution < -0.4 is 9.47 Å². The summed E-state index contributed by atoms with van der Waals surface area (Å²) in [5.41, 5.74) is 0.814. The molecule has 0 aromatic heterocycles. The highest BCUT2D eigenvalue weighted by molar-refractivity contribution is 14.1. The van der Waals surface area contributed by atoms with Gasteiger partial charge in [0.2, 0.25) is 0 Å². The molecule has 0 bridgehead atoms. The number of phenols is 2. The summed E-state index contributed by atoms with van der Waals surface area (Å²) in [6, 6.07) is 4.70. The lowest BCUT2D eigenvalue weighted by Gasteiger charge is -2.13. The number of fused-ring (bicyclic) bond motifs is 1. The van der Waals surface area contributed by atoms with Gasteiger partial charge in [0.25, 0.3) is 0 Å². The molecule has 0 radical (unpaired) electrons. The zero-order chi connectivity index (χ0) is 19.9. The number of ketones is 1. The van der Waals surface area contributed by atoms with Gasteiger partial charge >= 0.3 is 5.97 Å². The van der Waals surface area contributed by atoms with Gasteiger partial charge in [0.1, 0.15) is 23.2 Å². The van der Waals surface area contributed by atoms with Crippen molar-refractivity contribution in [1.82, 2.24) is 0 Å². The standard InChI is InChI=1S/C18H14I2O7/c1-25-11-4-3-7-12(27-18(24)13(7)17(11)26-2)6-10(21)8-5-9(19)16(23)14(20)15(8)22/h3-5,12,22-23H,6H2,1-2H3/t12-/m0/s1. The molecule has 1 aliphatic heterocycles. The normalized spacial score (nSPS) is 15.3. The molecule has 1 aliphatic rings. The summed E-state index contributed by atoms with van der Waals surface area (Å²) in [6.07, 6.45) is -0.957. The van der Waals surface area contributed by atoms with E-state index < -0.39 is 17.9 Å². The van der Waals surface area contributed by atoms with Crippen LogP contribution in [0.4, 0.5) is 0 Å². The molecule has 0 aliphatic carbocycles. The van der Waals surface area contributed by atoms with Crippen molar-refractivity contribution in [2.45, 2.75) is 12.5 Å². The minimum Gasteiger partial charge on any atom is -0.506 e. The number of hydrogen-bond acceptors (Lipinski definition) is 7. The SMILES string of the molecule is COc1ccc2c(c1OC)C(=O)O[C@H]2CC(=O)c1cc(I)c(O)c(I)c1O. The summed E-state index contributed by atoms with van der Waals surface area (Å²) in [4.78, 5) is 25.0. The van der Waals surface area contributed by atoms with Gasteiger partial charge in [-0.05, 0) is 57.3 Å². The van der Waals surface area contributed by atoms with Gasteiger partial charge in [-0.15, -0.1) is 0 Å². The lowest BCUT2D eigenvalue weighted by atomic mass is 9.97. The topological polar surface area (TPSA) is 102 Å². The Kier molecular flexibility index (Phi) is 5.70. The van der Waals surface area contributed by atoms with E-state index in [-0.39, 0.29) is 38.4 Å². The number of carbonyl (C=O) groups excluding carboxylic acids is 2. The summed E-state index contributed by atoms with van der Waals surface area (Å²) in [5.74, 6) is -0.747. The van der Waals surface area contributed by atoms with E-state index in [1.54, 1.807) is 34.7 Å². The maximum absolute atomic E-state index is 12.7. The Morgan fingerprint density at radius 2 is 1.89 bits per heavy atom. The number of halogens is 2. The molecular weight excluding hydrogens is 582 g/mol. The van der Waals surface area contributed by atoms with Crippen LogP contribution in [0.2, 0.25) is 0 Å². The predicted molar refractivity (Wildman–Crippen MR) is 112 cm³/mol. The van der Waals surface area contributed by atoms with Gasteiger partial charge in [0.05, 0.1) is 33.3 Å². The predicted octanol–water partition coefficient (Wildman–Crippen LogP) is 3.81. The monoisotopic (exact) mass is 596 g/mol. The minimum atomic E-state index is -0.802. The van der Waals surface area contributed by atoms with E-state index in [4.69, 9.17) is 14.2 Å². The Morgan fingerprint density at radius 3 is 2.52 bits per heavy atom. The molecule has 0 spiro atoms. The lowest BCUT2D eigenvalue weighted by Crippen LogP contribution is -2.09. The third-order valence-electron chi connectivity index (χ3n) is 4.22. The second-order valence-corrected chi connectivity index (χ2v) is 7.94. The third-order valence-corrected chi connectivity index (χ3v) is 6.06. The molecule has 3 rings (SSSR count). The van der Waals surface area contributed by atoms with Crippen LogP contribution in [0, 0.1) is 7.14 Å². The van der Waals surface area contributed by atoms with Crippen molar-refractivity contribution in [3.05, 3.63) is 42.0 Å². The quantitative estimate of drug-likeness (QED) is 0.308. The number of carbonyl (C=O) groups is 2. The first-order chi connectivity index (χ1) is 12.8. The van der Waals surface area contributed by atoms with E-state index in [2.05, 4.69) is 0 Å². The maximum Gasteiger partial charge on any atom is 0.343 e. The van der Waals surface area contributed by atoms with Crippen LogP contribution in [0.5, 0.6) is 23.0 Å². The Bertz CT molecular complexity index is 955. The maximum atomic E-state index is 12.7. The van der Waals surface area contributed by atoms with Crippen molar-refractivity contribution >= 4 is 56.9 Å². The highest BCUT2D eigenvalue weighted by atomic mass is 127. The van der Waals surface area contributed by atoms with Gasteiger partial charge in [0.15, 0.2) is 17.3 Å². The summed E-state index contributed by atoms with van der Waals surface area (Å²) >= 11 is 3.64. The van der Waals surface area contributed by atoms with Crippen molar-refractivity contribution in [3.63, 3.8) is 0 Å². The van der Waals surface area contributed by atoms with Crippen LogP contribution in [0.1, 0.15) is 38.8 Å². The van der Waals surface area contributed by atoms with Crippen molar-refractivity contribution in [1.29, 1.82) is 0 Å². The molecule has 1 heterocycles. The molecule has 7 nitrogen and oxygen atoms in total. The fourth-order valence-corrected chi connectivity index (χ4v) is 4.59. The van der Waals surface area contributed by atoms with Crippen LogP contribution in [0.3, 0.4) is 0 Å². The first-order valence-corrected chi connectivity index (χ1v) is 9.84. The van der Waals surface area contributed by atoms with Gasteiger partial charge < -0.3 is 24.4 Å². The Morgan fingerprint density at radius 1 is 1.19 bits per heavy atom. The number of aromatic hydroxyl groups is 2. The van der Waals surface area contributed by atoms with Crippen molar-refractivity contribution in [2.24, 2.45) is 0 Å². The molecule has 9 heteroatoms. The highest BCUT2D eigenvalue weighted by Gasteiger charge is 2.37. The molecule has 2 N–H and O–H groups in total. The molecule has 1 atom stereocenters. The molecule has 0 amide bonds. The van der Waals surface area contributed by atoms with E-state index in [1.165, 1.54) is 20.3 Å². The average Bonchev–Trinajstić information content (AvgIpc) is 2.97. The molecule has 0 fully saturated rings. The number of esters is 1. The fraction of sp³-hybridized carbons (Fsp3) is 0.222. The summed E-state index contributed by atoms with van der Waals surface area (Å²) in [6.45, 7) is 0. The van der Waals surface area contributed by atoms with Crippen molar-refractivity contribution in [3.8, 4) is 23.0 Å². The van der Waals surface area contributed by atoms with Gasteiger partial charge in [-0.1, -0.05) is 6.07 Å². The fourth-order valence-electron chi connectivity index (χ4n) is 2.91. The summed E-state index contributed by atoms with van der Waals surface area (Å²) in [7, 11) is 2.88. The second kappa shape index (κ2) is 7.70. The number of ether oxygens (including phenoxy) is 3. The number of methoxy groups -OCH3 is 2. The lowest BCUT2D eigenvalue weighted by molar-refractivity contribution is 0.0365. The van der Waals surface area contributed by atoms with E-state index in [0.29, 0.717) is 14.9 Å². The van der Waals surface area contributed by atoms with E-state index in [9.17, 15) is 19.8 Å². The molecule has 0 unspecified atom stereocenters. The van der Waals surface area contributed by atoms with Gasteiger partial charge in [-0.2, -0.15) is 0 Å². The number of phenolic OH excluding ortho intramolecular Hbond substituents is 2. The average molecular weight is 596 g/mol. The summed E-state index contributed by atoms with van der Waals surface area (Å²) in [5, 5.41) is 20.1. The highest BCUT2D eigenvalue weighted by Crippen LogP contribution is 2.44. The zero-order valence-electron chi connectivity index (χ0n) is 14.2. The van der Waals surface area contributed by atoms with Gasteiger partial charge in [-0.25, -0.2) is 4.79 Å². The van der Waals surface area contributed by atoms with Crippen molar-refractivity contribution in [2.75, 3.05) is 14.2 Å². The number of rotatable bonds is 5.